The molecule has 0 bridgehead atoms. The first-order valence-corrected chi connectivity index (χ1v) is 9.77. The van der Waals surface area contributed by atoms with Gasteiger partial charge in [-0.1, -0.05) is 35.7 Å². The molecule has 5 nitrogen and oxygen atoms in total. The molecule has 0 radical (unpaired) electrons. The number of halogens is 3. The number of anilines is 1. The monoisotopic (exact) mass is 418 g/mol. The number of nitrogens with zero attached hydrogens (tertiary/aromatic N) is 3. The van der Waals surface area contributed by atoms with Crippen LogP contribution in [0.1, 0.15) is 35.4 Å². The Labute approximate surface area is 171 Å². The van der Waals surface area contributed by atoms with E-state index in [-0.39, 0.29) is 10.6 Å². The summed E-state index contributed by atoms with van der Waals surface area (Å²) in [5, 5.41) is 11.6. The highest BCUT2D eigenvalue weighted by molar-refractivity contribution is 6.44. The van der Waals surface area contributed by atoms with Gasteiger partial charge in [-0.15, -0.1) is 10.2 Å². The van der Waals surface area contributed by atoms with Crippen LogP contribution in [0.25, 0.3) is 11.4 Å². The van der Waals surface area contributed by atoms with E-state index >= 15 is 0 Å². The smallest absolute Gasteiger partial charge is 0.257 e. The number of aromatic nitrogens is 3. The predicted octanol–water partition coefficient (Wildman–Crippen LogP) is 5.37. The van der Waals surface area contributed by atoms with Crippen LogP contribution >= 0.6 is 23.2 Å². The van der Waals surface area contributed by atoms with Crippen molar-refractivity contribution >= 4 is 34.8 Å². The van der Waals surface area contributed by atoms with Crippen LogP contribution in [0.5, 0.6) is 0 Å². The second kappa shape index (κ2) is 7.89. The molecule has 1 aliphatic heterocycles. The molecular formula is C20H17Cl2FN4O. The molecule has 0 atom stereocenters. The van der Waals surface area contributed by atoms with E-state index in [9.17, 15) is 9.18 Å². The molecule has 4 rings (SSSR count). The van der Waals surface area contributed by atoms with Crippen molar-refractivity contribution in [2.75, 3.05) is 5.32 Å². The first-order chi connectivity index (χ1) is 13.5. The minimum absolute atomic E-state index is 0.173. The molecule has 0 unspecified atom stereocenters. The number of rotatable bonds is 3. The molecule has 28 heavy (non-hydrogen) atoms. The summed E-state index contributed by atoms with van der Waals surface area (Å²) in [6.07, 6.45) is 4.00. The molecule has 2 aromatic carbocycles. The van der Waals surface area contributed by atoms with Gasteiger partial charge in [0.05, 0.1) is 21.2 Å². The van der Waals surface area contributed by atoms with Crippen LogP contribution in [0.15, 0.2) is 36.4 Å². The zero-order valence-electron chi connectivity index (χ0n) is 14.9. The van der Waals surface area contributed by atoms with E-state index < -0.39 is 11.7 Å². The van der Waals surface area contributed by atoms with Gasteiger partial charge in [-0.25, -0.2) is 4.39 Å². The minimum Gasteiger partial charge on any atom is -0.322 e. The van der Waals surface area contributed by atoms with E-state index in [4.69, 9.17) is 23.2 Å². The maximum absolute atomic E-state index is 14.5. The van der Waals surface area contributed by atoms with Crippen LogP contribution in [0, 0.1) is 5.82 Å². The summed E-state index contributed by atoms with van der Waals surface area (Å²) in [5.41, 5.74) is 0.982. The highest BCUT2D eigenvalue weighted by atomic mass is 35.5. The minimum atomic E-state index is -0.426. The van der Waals surface area contributed by atoms with E-state index in [1.165, 1.54) is 12.1 Å². The fourth-order valence-corrected chi connectivity index (χ4v) is 3.72. The van der Waals surface area contributed by atoms with Gasteiger partial charge in [0.2, 0.25) is 0 Å². The highest BCUT2D eigenvalue weighted by Gasteiger charge is 2.20. The van der Waals surface area contributed by atoms with Gasteiger partial charge in [-0.3, -0.25) is 4.79 Å². The lowest BCUT2D eigenvalue weighted by molar-refractivity contribution is 0.102. The fourth-order valence-electron chi connectivity index (χ4n) is 3.34. The Morgan fingerprint density at radius 2 is 1.96 bits per heavy atom. The van der Waals surface area contributed by atoms with Crippen LogP contribution < -0.4 is 5.32 Å². The molecule has 0 aliphatic carbocycles. The molecule has 0 fully saturated rings. The van der Waals surface area contributed by atoms with Crippen LogP contribution in [0.2, 0.25) is 10.0 Å². The second-order valence-electron chi connectivity index (χ2n) is 6.65. The number of nitrogens with one attached hydrogen (secondary N) is 1. The molecule has 2 heterocycles. The molecule has 0 saturated heterocycles. The molecule has 0 saturated carbocycles. The van der Waals surface area contributed by atoms with Gasteiger partial charge in [0.1, 0.15) is 11.6 Å². The van der Waals surface area contributed by atoms with Gasteiger partial charge in [-0.05, 0) is 43.2 Å². The standard InChI is InChI=1S/C20H17Cl2FN4O/c21-15-6-4-5-13(18(15)22)20(28)24-12-8-9-16(23)14(11-12)19-26-25-17-7-2-1-3-10-27(17)19/h4-6,8-9,11H,1-3,7,10H2,(H,24,28). The summed E-state index contributed by atoms with van der Waals surface area (Å²) in [4.78, 5) is 12.6. The van der Waals surface area contributed by atoms with E-state index in [0.29, 0.717) is 22.1 Å². The van der Waals surface area contributed by atoms with Crippen LogP contribution in [-0.2, 0) is 13.0 Å². The van der Waals surface area contributed by atoms with Crippen molar-refractivity contribution in [1.29, 1.82) is 0 Å². The van der Waals surface area contributed by atoms with Crippen LogP contribution in [-0.4, -0.2) is 20.7 Å². The maximum atomic E-state index is 14.5. The van der Waals surface area contributed by atoms with Crippen molar-refractivity contribution in [3.63, 3.8) is 0 Å². The number of benzene rings is 2. The molecule has 8 heteroatoms. The van der Waals surface area contributed by atoms with Crippen molar-refractivity contribution < 1.29 is 9.18 Å². The van der Waals surface area contributed by atoms with Gasteiger partial charge < -0.3 is 9.88 Å². The molecule has 1 aromatic heterocycles. The number of fused-ring (bicyclic) bond motifs is 1. The third-order valence-corrected chi connectivity index (χ3v) is 5.59. The van der Waals surface area contributed by atoms with Crippen molar-refractivity contribution in [3.8, 4) is 11.4 Å². The van der Waals surface area contributed by atoms with E-state index in [0.717, 1.165) is 38.1 Å². The molecule has 1 aliphatic rings. The number of amides is 1. The van der Waals surface area contributed by atoms with Crippen molar-refractivity contribution in [1.82, 2.24) is 14.8 Å². The molecule has 0 spiro atoms. The van der Waals surface area contributed by atoms with Gasteiger partial charge in [-0.2, -0.15) is 0 Å². The number of carbonyl (C=O) groups is 1. The fraction of sp³-hybridized carbons (Fsp3) is 0.250. The normalized spacial score (nSPS) is 13.7. The molecule has 1 N–H and O–H groups in total. The van der Waals surface area contributed by atoms with E-state index in [1.54, 1.807) is 24.3 Å². The molecular weight excluding hydrogens is 402 g/mol. The highest BCUT2D eigenvalue weighted by Crippen LogP contribution is 2.29. The van der Waals surface area contributed by atoms with E-state index in [2.05, 4.69) is 15.5 Å². The largest absolute Gasteiger partial charge is 0.322 e. The average molecular weight is 419 g/mol. The third-order valence-electron chi connectivity index (χ3n) is 4.77. The Hall–Kier alpha value is -2.44. The lowest BCUT2D eigenvalue weighted by Gasteiger charge is -2.11. The molecule has 1 amide bonds. The zero-order chi connectivity index (χ0) is 19.7. The summed E-state index contributed by atoms with van der Waals surface area (Å²) in [5.74, 6) is 0.502. The molecule has 3 aromatic rings. The SMILES string of the molecule is O=C(Nc1ccc(F)c(-c2nnc3n2CCCCC3)c1)c1cccc(Cl)c1Cl. The Bertz CT molecular complexity index is 1050. The predicted molar refractivity (Wildman–Crippen MR) is 107 cm³/mol. The number of hydrogen-bond acceptors (Lipinski definition) is 3. The zero-order valence-corrected chi connectivity index (χ0v) is 16.4. The van der Waals surface area contributed by atoms with Gasteiger partial charge >= 0.3 is 0 Å². The Morgan fingerprint density at radius 1 is 1.11 bits per heavy atom. The number of hydrogen-bond donors (Lipinski definition) is 1. The Kier molecular flexibility index (Phi) is 5.33. The molecule has 144 valence electrons. The topological polar surface area (TPSA) is 59.8 Å². The van der Waals surface area contributed by atoms with Crippen molar-refractivity contribution in [2.24, 2.45) is 0 Å². The summed E-state index contributed by atoms with van der Waals surface area (Å²) in [6, 6.07) is 9.19. The van der Waals surface area contributed by atoms with Gasteiger partial charge in [0.15, 0.2) is 5.82 Å². The average Bonchev–Trinajstić information content (AvgIpc) is 2.93. The number of carbonyl (C=O) groups excluding carboxylic acids is 1. The van der Waals surface area contributed by atoms with Gasteiger partial charge in [0.25, 0.3) is 5.91 Å². The Morgan fingerprint density at radius 3 is 2.82 bits per heavy atom. The summed E-state index contributed by atoms with van der Waals surface area (Å²) in [6.45, 7) is 0.756. The lowest BCUT2D eigenvalue weighted by atomic mass is 10.1. The van der Waals surface area contributed by atoms with Crippen LogP contribution in [0.4, 0.5) is 10.1 Å². The van der Waals surface area contributed by atoms with Crippen molar-refractivity contribution in [2.45, 2.75) is 32.2 Å². The van der Waals surface area contributed by atoms with Crippen LogP contribution in [0.3, 0.4) is 0 Å². The lowest BCUT2D eigenvalue weighted by Crippen LogP contribution is -2.13. The number of aryl methyl sites for hydroxylation is 1. The second-order valence-corrected chi connectivity index (χ2v) is 7.44. The quantitative estimate of drug-likeness (QED) is 0.621. The van der Waals surface area contributed by atoms with E-state index in [1.807, 2.05) is 4.57 Å². The maximum Gasteiger partial charge on any atom is 0.257 e. The summed E-state index contributed by atoms with van der Waals surface area (Å²) in [7, 11) is 0. The first-order valence-electron chi connectivity index (χ1n) is 9.02. The summed E-state index contributed by atoms with van der Waals surface area (Å²) >= 11 is 12.1. The first kappa shape index (κ1) is 18.9. The Balaban J connectivity index is 1.66. The summed E-state index contributed by atoms with van der Waals surface area (Å²) < 4.78 is 16.5. The van der Waals surface area contributed by atoms with Gasteiger partial charge in [0, 0.05) is 18.7 Å². The van der Waals surface area contributed by atoms with Crippen molar-refractivity contribution in [3.05, 3.63) is 63.6 Å². The third kappa shape index (κ3) is 3.62.